The van der Waals surface area contributed by atoms with Gasteiger partial charge in [0.2, 0.25) is 0 Å². The maximum atomic E-state index is 13.5. The van der Waals surface area contributed by atoms with E-state index in [1.165, 1.54) is 6.07 Å². The van der Waals surface area contributed by atoms with Gasteiger partial charge in [-0.05, 0) is 23.3 Å². The lowest BCUT2D eigenvalue weighted by Gasteiger charge is -2.16. The molecular formula is C14H14F2NP. The molecular weight excluding hydrogens is 251 g/mol. The van der Waals surface area contributed by atoms with Gasteiger partial charge in [-0.2, -0.15) is 8.78 Å². The van der Waals surface area contributed by atoms with Crippen molar-refractivity contribution in [2.45, 2.75) is 5.66 Å². The van der Waals surface area contributed by atoms with Crippen molar-refractivity contribution >= 4 is 14.9 Å². The minimum Gasteiger partial charge on any atom is -0.388 e. The number of anilines is 1. The van der Waals surface area contributed by atoms with E-state index in [0.717, 1.165) is 11.3 Å². The molecule has 1 unspecified atom stereocenters. The standard InChI is InChI=1S/C14H14F2NP/c1-17-11-8-6-10(7-9-11)12-4-2-3-5-13(12)14(15,16)18/h2-9,17H,18H2,1H3. The predicted octanol–water partition coefficient (Wildman–Crippen LogP) is 4.32. The van der Waals surface area contributed by atoms with Crippen LogP contribution < -0.4 is 5.32 Å². The van der Waals surface area contributed by atoms with Crippen LogP contribution in [0.3, 0.4) is 0 Å². The fourth-order valence-corrected chi connectivity index (χ4v) is 2.09. The molecule has 18 heavy (non-hydrogen) atoms. The number of benzene rings is 2. The molecule has 2 aromatic carbocycles. The molecule has 0 bridgehead atoms. The largest absolute Gasteiger partial charge is 0.388 e. The van der Waals surface area contributed by atoms with Crippen LogP contribution in [0.2, 0.25) is 0 Å². The van der Waals surface area contributed by atoms with Crippen LogP contribution in [0.4, 0.5) is 14.5 Å². The van der Waals surface area contributed by atoms with Gasteiger partial charge in [-0.25, -0.2) is 0 Å². The smallest absolute Gasteiger partial charge is 0.284 e. The van der Waals surface area contributed by atoms with E-state index in [4.69, 9.17) is 0 Å². The van der Waals surface area contributed by atoms with Gasteiger partial charge in [0.15, 0.2) is 0 Å². The van der Waals surface area contributed by atoms with E-state index in [-0.39, 0.29) is 5.56 Å². The van der Waals surface area contributed by atoms with E-state index in [9.17, 15) is 8.78 Å². The summed E-state index contributed by atoms with van der Waals surface area (Å²) in [5.74, 6) is 0. The molecule has 0 saturated heterocycles. The van der Waals surface area contributed by atoms with Crippen molar-refractivity contribution in [3.8, 4) is 11.1 Å². The molecule has 0 radical (unpaired) electrons. The minimum atomic E-state index is -2.92. The second-order valence-corrected chi connectivity index (χ2v) is 4.72. The number of halogens is 2. The van der Waals surface area contributed by atoms with E-state index in [1.54, 1.807) is 27.4 Å². The van der Waals surface area contributed by atoms with Gasteiger partial charge in [0, 0.05) is 18.3 Å². The molecule has 0 aromatic heterocycles. The third-order valence-electron chi connectivity index (χ3n) is 2.77. The van der Waals surface area contributed by atoms with Crippen molar-refractivity contribution < 1.29 is 8.78 Å². The Morgan fingerprint density at radius 1 is 1.00 bits per heavy atom. The lowest BCUT2D eigenvalue weighted by atomic mass is 9.99. The molecule has 1 atom stereocenters. The second-order valence-electron chi connectivity index (χ2n) is 4.00. The second kappa shape index (κ2) is 5.03. The maximum Gasteiger partial charge on any atom is 0.284 e. The lowest BCUT2D eigenvalue weighted by Crippen LogP contribution is -2.04. The summed E-state index contributed by atoms with van der Waals surface area (Å²) in [6.07, 6.45) is 0. The summed E-state index contributed by atoms with van der Waals surface area (Å²) in [5.41, 5.74) is -0.605. The van der Waals surface area contributed by atoms with Crippen molar-refractivity contribution in [2.24, 2.45) is 0 Å². The Labute approximate surface area is 107 Å². The molecule has 4 heteroatoms. The molecule has 2 aromatic rings. The average Bonchev–Trinajstić information content (AvgIpc) is 2.38. The van der Waals surface area contributed by atoms with Gasteiger partial charge >= 0.3 is 0 Å². The topological polar surface area (TPSA) is 12.0 Å². The van der Waals surface area contributed by atoms with Crippen LogP contribution in [-0.2, 0) is 5.66 Å². The van der Waals surface area contributed by atoms with Crippen molar-refractivity contribution in [1.29, 1.82) is 0 Å². The molecule has 0 amide bonds. The predicted molar refractivity (Wildman–Crippen MR) is 75.0 cm³/mol. The first kappa shape index (κ1) is 13.0. The molecule has 0 spiro atoms. The summed E-state index contributed by atoms with van der Waals surface area (Å²) in [6.45, 7) is 0. The first-order valence-corrected chi connectivity index (χ1v) is 6.14. The average molecular weight is 265 g/mol. The molecule has 94 valence electrons. The highest BCUT2D eigenvalue weighted by molar-refractivity contribution is 7.17. The summed E-state index contributed by atoms with van der Waals surface area (Å²) in [5, 5.41) is 3.00. The maximum absolute atomic E-state index is 13.5. The number of alkyl halides is 2. The van der Waals surface area contributed by atoms with Gasteiger partial charge in [-0.3, -0.25) is 0 Å². The van der Waals surface area contributed by atoms with Crippen molar-refractivity contribution in [1.82, 2.24) is 0 Å². The molecule has 0 aliphatic heterocycles. The van der Waals surface area contributed by atoms with Gasteiger partial charge in [0.05, 0.1) is 0 Å². The first-order valence-electron chi connectivity index (χ1n) is 5.57. The van der Waals surface area contributed by atoms with E-state index >= 15 is 0 Å². The van der Waals surface area contributed by atoms with E-state index in [2.05, 4.69) is 5.32 Å². The van der Waals surface area contributed by atoms with E-state index in [1.807, 2.05) is 31.3 Å². The minimum absolute atomic E-state index is 0.0206. The highest BCUT2D eigenvalue weighted by atomic mass is 31.0. The zero-order valence-corrected chi connectivity index (χ0v) is 11.1. The van der Waals surface area contributed by atoms with E-state index in [0.29, 0.717) is 5.56 Å². The Hall–Kier alpha value is -1.47. The zero-order chi connectivity index (χ0) is 13.2. The Morgan fingerprint density at radius 3 is 2.17 bits per heavy atom. The third-order valence-corrected chi connectivity index (χ3v) is 3.08. The Kier molecular flexibility index (Phi) is 3.63. The Morgan fingerprint density at radius 2 is 1.61 bits per heavy atom. The number of hydrogen-bond donors (Lipinski definition) is 1. The van der Waals surface area contributed by atoms with Crippen LogP contribution in [0.25, 0.3) is 11.1 Å². The van der Waals surface area contributed by atoms with Gasteiger partial charge in [-0.1, -0.05) is 45.6 Å². The van der Waals surface area contributed by atoms with Gasteiger partial charge in [-0.15, -0.1) is 0 Å². The molecule has 0 saturated carbocycles. The van der Waals surface area contributed by atoms with Crippen LogP contribution in [0.5, 0.6) is 0 Å². The molecule has 2 rings (SSSR count). The Balaban J connectivity index is 2.50. The third kappa shape index (κ3) is 2.68. The molecule has 0 fully saturated rings. The summed E-state index contributed by atoms with van der Waals surface area (Å²) in [6, 6.07) is 14.0. The first-order chi connectivity index (χ1) is 8.52. The Bertz CT molecular complexity index is 532. The summed E-state index contributed by atoms with van der Waals surface area (Å²) < 4.78 is 27.0. The number of hydrogen-bond acceptors (Lipinski definition) is 1. The van der Waals surface area contributed by atoms with Crippen molar-refractivity contribution in [2.75, 3.05) is 12.4 Å². The summed E-state index contributed by atoms with van der Waals surface area (Å²) >= 11 is 0. The number of nitrogens with one attached hydrogen (secondary N) is 1. The monoisotopic (exact) mass is 265 g/mol. The van der Waals surface area contributed by atoms with Crippen LogP contribution in [0, 0.1) is 0 Å². The molecule has 1 N–H and O–H groups in total. The van der Waals surface area contributed by atoms with E-state index < -0.39 is 5.66 Å². The number of rotatable bonds is 3. The normalized spacial score (nSPS) is 11.3. The summed E-state index contributed by atoms with van der Waals surface area (Å²) in [7, 11) is 3.41. The highest BCUT2D eigenvalue weighted by Gasteiger charge is 2.27. The van der Waals surface area contributed by atoms with Crippen LogP contribution in [0.15, 0.2) is 48.5 Å². The van der Waals surface area contributed by atoms with Gasteiger partial charge in [0.1, 0.15) is 0 Å². The zero-order valence-electron chi connectivity index (χ0n) is 9.95. The molecule has 0 aliphatic rings. The fourth-order valence-electron chi connectivity index (χ4n) is 1.84. The lowest BCUT2D eigenvalue weighted by molar-refractivity contribution is 0.104. The molecule has 0 heterocycles. The summed E-state index contributed by atoms with van der Waals surface area (Å²) in [4.78, 5) is 0. The molecule has 0 aliphatic carbocycles. The highest BCUT2D eigenvalue weighted by Crippen LogP contribution is 2.40. The SMILES string of the molecule is CNc1ccc(-c2ccccc2C(F)(F)P)cc1. The van der Waals surface area contributed by atoms with Gasteiger partial charge in [0.25, 0.3) is 5.66 Å². The van der Waals surface area contributed by atoms with Crippen molar-refractivity contribution in [3.05, 3.63) is 54.1 Å². The van der Waals surface area contributed by atoms with Crippen LogP contribution in [0.1, 0.15) is 5.56 Å². The van der Waals surface area contributed by atoms with Crippen LogP contribution >= 0.6 is 9.24 Å². The fraction of sp³-hybridized carbons (Fsp3) is 0.143. The van der Waals surface area contributed by atoms with Gasteiger partial charge < -0.3 is 5.32 Å². The quantitative estimate of drug-likeness (QED) is 0.815. The van der Waals surface area contributed by atoms with Crippen LogP contribution in [-0.4, -0.2) is 7.05 Å². The van der Waals surface area contributed by atoms with Crippen molar-refractivity contribution in [3.63, 3.8) is 0 Å². The molecule has 1 nitrogen and oxygen atoms in total.